The number of carbonyl (C=O) groups excluding carboxylic acids is 3. The van der Waals surface area contributed by atoms with E-state index < -0.39 is 17.9 Å². The van der Waals surface area contributed by atoms with Crippen molar-refractivity contribution in [2.45, 2.75) is 13.2 Å². The molecule has 3 aromatic rings. The third-order valence-electron chi connectivity index (χ3n) is 4.90. The topological polar surface area (TPSA) is 98.1 Å². The molecular weight excluding hydrogens is 467 g/mol. The summed E-state index contributed by atoms with van der Waals surface area (Å²) in [5.41, 5.74) is 1.40. The minimum absolute atomic E-state index is 0.0308. The summed E-state index contributed by atoms with van der Waals surface area (Å²) in [6.45, 7) is 0.0460. The number of ether oxygens (including phenoxy) is 2. The van der Waals surface area contributed by atoms with Crippen LogP contribution in [0.2, 0.25) is 5.02 Å². The van der Waals surface area contributed by atoms with Crippen LogP contribution in [0.3, 0.4) is 0 Å². The molecule has 34 heavy (non-hydrogen) atoms. The number of nitrogens with zero attached hydrogens (tertiary/aromatic N) is 1. The Labute approximate surface area is 198 Å². The van der Waals surface area contributed by atoms with Gasteiger partial charge in [-0.1, -0.05) is 29.8 Å². The number of halogens is 2. The van der Waals surface area contributed by atoms with Crippen LogP contribution in [0.4, 0.5) is 9.18 Å². The van der Waals surface area contributed by atoms with Crippen LogP contribution in [0, 0.1) is 5.82 Å². The van der Waals surface area contributed by atoms with Crippen molar-refractivity contribution in [2.75, 3.05) is 7.11 Å². The predicted molar refractivity (Wildman–Crippen MR) is 119 cm³/mol. The van der Waals surface area contributed by atoms with Crippen molar-refractivity contribution >= 4 is 35.6 Å². The van der Waals surface area contributed by atoms with Gasteiger partial charge in [-0.05, 0) is 53.6 Å². The second kappa shape index (κ2) is 9.80. The van der Waals surface area contributed by atoms with Crippen molar-refractivity contribution in [3.63, 3.8) is 0 Å². The standard InChI is InChI=1S/C24H18ClFN2O6/c1-32-23(30)21-9-7-17(34-21)12-28-22(29)19(27-24(28)31)11-15-4-8-20(18(25)10-15)33-13-14-2-5-16(26)6-3-14/h2-11H,12-13H2,1H3,(H,27,31)/b19-11-. The Morgan fingerprint density at radius 3 is 2.62 bits per heavy atom. The molecule has 1 N–H and O–H groups in total. The summed E-state index contributed by atoms with van der Waals surface area (Å²) in [5, 5.41) is 2.81. The fraction of sp³-hybridized carbons (Fsp3) is 0.125. The van der Waals surface area contributed by atoms with E-state index in [0.29, 0.717) is 16.3 Å². The van der Waals surface area contributed by atoms with Gasteiger partial charge in [0, 0.05) is 0 Å². The van der Waals surface area contributed by atoms with Gasteiger partial charge in [0.15, 0.2) is 0 Å². The van der Waals surface area contributed by atoms with Crippen LogP contribution in [0.25, 0.3) is 6.08 Å². The van der Waals surface area contributed by atoms with Crippen molar-refractivity contribution in [1.29, 1.82) is 0 Å². The van der Waals surface area contributed by atoms with Crippen molar-refractivity contribution in [3.8, 4) is 5.75 Å². The van der Waals surface area contributed by atoms with Gasteiger partial charge in [0.05, 0.1) is 18.7 Å². The maximum atomic E-state index is 13.0. The Morgan fingerprint density at radius 2 is 1.91 bits per heavy atom. The molecule has 1 saturated heterocycles. The van der Waals surface area contributed by atoms with Crippen LogP contribution in [0.15, 0.2) is 64.7 Å². The molecule has 0 saturated carbocycles. The van der Waals surface area contributed by atoms with E-state index in [1.54, 1.807) is 30.3 Å². The first-order valence-electron chi connectivity index (χ1n) is 10.0. The first-order valence-corrected chi connectivity index (χ1v) is 10.4. The highest BCUT2D eigenvalue weighted by atomic mass is 35.5. The molecule has 0 unspecified atom stereocenters. The van der Waals surface area contributed by atoms with E-state index in [9.17, 15) is 18.8 Å². The zero-order valence-corrected chi connectivity index (χ0v) is 18.6. The van der Waals surface area contributed by atoms with E-state index in [0.717, 1.165) is 10.5 Å². The molecule has 2 aromatic carbocycles. The number of benzene rings is 2. The monoisotopic (exact) mass is 484 g/mol. The fourth-order valence-corrected chi connectivity index (χ4v) is 3.42. The molecule has 4 rings (SSSR count). The molecule has 0 bridgehead atoms. The number of imide groups is 1. The molecule has 0 radical (unpaired) electrons. The highest BCUT2D eigenvalue weighted by Crippen LogP contribution is 2.28. The summed E-state index contributed by atoms with van der Waals surface area (Å²) in [6, 6.07) is 13.1. The highest BCUT2D eigenvalue weighted by molar-refractivity contribution is 6.32. The summed E-state index contributed by atoms with van der Waals surface area (Å²) in [5.74, 6) is -0.926. The number of nitrogens with one attached hydrogen (secondary N) is 1. The molecule has 1 aliphatic heterocycles. The summed E-state index contributed by atoms with van der Waals surface area (Å²) >= 11 is 6.30. The number of rotatable bonds is 7. The van der Waals surface area contributed by atoms with Crippen LogP contribution in [-0.2, 0) is 22.7 Å². The number of hydrogen-bond acceptors (Lipinski definition) is 6. The van der Waals surface area contributed by atoms with Crippen LogP contribution >= 0.6 is 11.6 Å². The summed E-state index contributed by atoms with van der Waals surface area (Å²) in [4.78, 5) is 37.5. The van der Waals surface area contributed by atoms with Gasteiger partial charge in [0.1, 0.15) is 29.6 Å². The summed E-state index contributed by atoms with van der Waals surface area (Å²) < 4.78 is 28.6. The van der Waals surface area contributed by atoms with E-state index in [-0.39, 0.29) is 36.2 Å². The number of esters is 1. The number of amides is 3. The van der Waals surface area contributed by atoms with E-state index in [1.165, 1.54) is 37.5 Å². The number of methoxy groups -OCH3 is 1. The lowest BCUT2D eigenvalue weighted by Gasteiger charge is -2.09. The first kappa shape index (κ1) is 23.1. The lowest BCUT2D eigenvalue weighted by molar-refractivity contribution is -0.123. The Kier molecular flexibility index (Phi) is 6.65. The van der Waals surface area contributed by atoms with Gasteiger partial charge in [-0.2, -0.15) is 0 Å². The summed E-state index contributed by atoms with van der Waals surface area (Å²) in [6.07, 6.45) is 1.48. The number of furan rings is 1. The smallest absolute Gasteiger partial charge is 0.373 e. The van der Waals surface area contributed by atoms with Gasteiger partial charge in [-0.15, -0.1) is 0 Å². The van der Waals surface area contributed by atoms with Crippen LogP contribution in [0.1, 0.15) is 27.4 Å². The second-order valence-corrected chi connectivity index (χ2v) is 7.65. The summed E-state index contributed by atoms with van der Waals surface area (Å²) in [7, 11) is 1.22. The Hall–Kier alpha value is -4.11. The zero-order valence-electron chi connectivity index (χ0n) is 17.8. The van der Waals surface area contributed by atoms with Gasteiger partial charge < -0.3 is 19.2 Å². The van der Waals surface area contributed by atoms with Crippen LogP contribution in [-0.4, -0.2) is 29.9 Å². The van der Waals surface area contributed by atoms with Gasteiger partial charge >= 0.3 is 12.0 Å². The third-order valence-corrected chi connectivity index (χ3v) is 5.19. The highest BCUT2D eigenvalue weighted by Gasteiger charge is 2.34. The van der Waals surface area contributed by atoms with Gasteiger partial charge in [0.2, 0.25) is 5.76 Å². The Bertz CT molecular complexity index is 1280. The number of carbonyl (C=O) groups is 3. The number of urea groups is 1. The molecule has 10 heteroatoms. The molecule has 1 aliphatic rings. The molecule has 0 atom stereocenters. The Balaban J connectivity index is 1.43. The van der Waals surface area contributed by atoms with E-state index in [4.69, 9.17) is 20.8 Å². The molecule has 1 aromatic heterocycles. The molecule has 2 heterocycles. The molecule has 1 fully saturated rings. The van der Waals surface area contributed by atoms with Crippen molar-refractivity contribution in [3.05, 3.63) is 93.8 Å². The van der Waals surface area contributed by atoms with Gasteiger partial charge in [0.25, 0.3) is 5.91 Å². The second-order valence-electron chi connectivity index (χ2n) is 7.24. The molecule has 3 amide bonds. The molecule has 0 spiro atoms. The number of hydrogen-bond donors (Lipinski definition) is 1. The molecule has 0 aliphatic carbocycles. The zero-order chi connectivity index (χ0) is 24.2. The lowest BCUT2D eigenvalue weighted by Crippen LogP contribution is -2.30. The van der Waals surface area contributed by atoms with Gasteiger partial charge in [-0.25, -0.2) is 14.0 Å². The van der Waals surface area contributed by atoms with E-state index in [2.05, 4.69) is 10.1 Å². The van der Waals surface area contributed by atoms with Gasteiger partial charge in [-0.3, -0.25) is 9.69 Å². The normalized spacial score (nSPS) is 14.4. The average molecular weight is 485 g/mol. The third kappa shape index (κ3) is 5.10. The SMILES string of the molecule is COC(=O)c1ccc(CN2C(=O)N/C(=C\c3ccc(OCc4ccc(F)cc4)c(Cl)c3)C2=O)o1. The van der Waals surface area contributed by atoms with Crippen molar-refractivity contribution < 1.29 is 32.7 Å². The fourth-order valence-electron chi connectivity index (χ4n) is 3.18. The minimum atomic E-state index is -0.661. The largest absolute Gasteiger partial charge is 0.487 e. The molecular formula is C24H18ClFN2O6. The lowest BCUT2D eigenvalue weighted by atomic mass is 10.1. The quantitative estimate of drug-likeness (QED) is 0.300. The maximum Gasteiger partial charge on any atom is 0.373 e. The van der Waals surface area contributed by atoms with Crippen molar-refractivity contribution in [2.24, 2.45) is 0 Å². The van der Waals surface area contributed by atoms with E-state index >= 15 is 0 Å². The predicted octanol–water partition coefficient (Wildman–Crippen LogP) is 4.53. The average Bonchev–Trinajstić information content (AvgIpc) is 3.39. The maximum absolute atomic E-state index is 13.0. The Morgan fingerprint density at radius 1 is 1.15 bits per heavy atom. The van der Waals surface area contributed by atoms with Crippen LogP contribution in [0.5, 0.6) is 5.75 Å². The van der Waals surface area contributed by atoms with Crippen molar-refractivity contribution in [1.82, 2.24) is 10.2 Å². The van der Waals surface area contributed by atoms with E-state index in [1.807, 2.05) is 0 Å². The molecule has 8 nitrogen and oxygen atoms in total. The molecule has 174 valence electrons. The first-order chi connectivity index (χ1) is 16.3. The minimum Gasteiger partial charge on any atom is -0.487 e. The van der Waals surface area contributed by atoms with Crippen LogP contribution < -0.4 is 10.1 Å².